The molecule has 1 unspecified atom stereocenters. The standard InChI is InChI=1S/C11H14N2/c1-7-4-5-8(2)11-10(7)12-6-9(3)13-11/h4-6,9,13H,1-3H3. The van der Waals surface area contributed by atoms with Crippen LogP contribution >= 0.6 is 0 Å². The van der Waals surface area contributed by atoms with Crippen molar-refractivity contribution in [2.24, 2.45) is 4.99 Å². The smallest absolute Gasteiger partial charge is 0.0889 e. The van der Waals surface area contributed by atoms with Crippen LogP contribution in [0.25, 0.3) is 0 Å². The van der Waals surface area contributed by atoms with Gasteiger partial charge in [-0.15, -0.1) is 0 Å². The van der Waals surface area contributed by atoms with Crippen molar-refractivity contribution in [3.63, 3.8) is 0 Å². The van der Waals surface area contributed by atoms with Gasteiger partial charge in [0.1, 0.15) is 0 Å². The molecule has 0 bridgehead atoms. The number of anilines is 1. The maximum atomic E-state index is 4.45. The Morgan fingerprint density at radius 2 is 1.92 bits per heavy atom. The van der Waals surface area contributed by atoms with Gasteiger partial charge in [0, 0.05) is 6.21 Å². The molecule has 0 spiro atoms. The highest BCUT2D eigenvalue weighted by atomic mass is 15.0. The summed E-state index contributed by atoms with van der Waals surface area (Å²) in [7, 11) is 0. The number of fused-ring (bicyclic) bond motifs is 1. The fourth-order valence-corrected chi connectivity index (χ4v) is 1.60. The van der Waals surface area contributed by atoms with E-state index in [0.29, 0.717) is 6.04 Å². The lowest BCUT2D eigenvalue weighted by Gasteiger charge is -2.21. The van der Waals surface area contributed by atoms with Crippen LogP contribution in [0.2, 0.25) is 0 Å². The van der Waals surface area contributed by atoms with Crippen LogP contribution in [0.5, 0.6) is 0 Å². The predicted molar refractivity (Wildman–Crippen MR) is 57.2 cm³/mol. The molecule has 1 aromatic rings. The third-order valence-electron chi connectivity index (χ3n) is 2.39. The maximum absolute atomic E-state index is 4.45. The fourth-order valence-electron chi connectivity index (χ4n) is 1.60. The summed E-state index contributed by atoms with van der Waals surface area (Å²) in [5, 5.41) is 3.42. The number of hydrogen-bond donors (Lipinski definition) is 1. The van der Waals surface area contributed by atoms with Crippen LogP contribution in [-0.4, -0.2) is 12.3 Å². The van der Waals surface area contributed by atoms with Gasteiger partial charge in [0.05, 0.1) is 17.4 Å². The molecule has 0 aromatic heterocycles. The van der Waals surface area contributed by atoms with Crippen molar-refractivity contribution in [2.45, 2.75) is 26.8 Å². The fraction of sp³-hybridized carbons (Fsp3) is 0.364. The number of benzene rings is 1. The number of aryl methyl sites for hydroxylation is 2. The van der Waals surface area contributed by atoms with Crippen molar-refractivity contribution in [3.05, 3.63) is 23.3 Å². The highest BCUT2D eigenvalue weighted by molar-refractivity contribution is 5.85. The first-order valence-electron chi connectivity index (χ1n) is 4.59. The third kappa shape index (κ3) is 1.32. The summed E-state index contributed by atoms with van der Waals surface area (Å²) in [5.74, 6) is 0. The molecule has 1 aliphatic heterocycles. The molecule has 0 amide bonds. The van der Waals surface area contributed by atoms with Gasteiger partial charge < -0.3 is 5.32 Å². The molecule has 1 aliphatic rings. The van der Waals surface area contributed by atoms with Crippen molar-refractivity contribution >= 4 is 17.6 Å². The van der Waals surface area contributed by atoms with Gasteiger partial charge >= 0.3 is 0 Å². The zero-order valence-corrected chi connectivity index (χ0v) is 8.26. The second-order valence-electron chi connectivity index (χ2n) is 3.63. The van der Waals surface area contributed by atoms with Crippen molar-refractivity contribution < 1.29 is 0 Å². The molecule has 2 nitrogen and oxygen atoms in total. The topological polar surface area (TPSA) is 24.4 Å². The summed E-state index contributed by atoms with van der Waals surface area (Å²) in [5.41, 5.74) is 4.79. The van der Waals surface area contributed by atoms with Crippen LogP contribution < -0.4 is 5.32 Å². The summed E-state index contributed by atoms with van der Waals surface area (Å²) >= 11 is 0. The van der Waals surface area contributed by atoms with Crippen molar-refractivity contribution in [2.75, 3.05) is 5.32 Å². The zero-order valence-electron chi connectivity index (χ0n) is 8.26. The van der Waals surface area contributed by atoms with E-state index in [9.17, 15) is 0 Å². The van der Waals surface area contributed by atoms with E-state index in [1.807, 2.05) is 6.21 Å². The Labute approximate surface area is 78.7 Å². The average molecular weight is 174 g/mol. The molecule has 13 heavy (non-hydrogen) atoms. The molecule has 2 heteroatoms. The first kappa shape index (κ1) is 8.30. The minimum absolute atomic E-state index is 0.341. The Balaban J connectivity index is 2.60. The summed E-state index contributed by atoms with van der Waals surface area (Å²) in [6.45, 7) is 6.31. The summed E-state index contributed by atoms with van der Waals surface area (Å²) in [6.07, 6.45) is 1.95. The van der Waals surface area contributed by atoms with E-state index in [-0.39, 0.29) is 0 Å². The van der Waals surface area contributed by atoms with E-state index in [1.165, 1.54) is 16.8 Å². The lowest BCUT2D eigenvalue weighted by Crippen LogP contribution is -2.20. The Bertz CT molecular complexity index is 367. The molecule has 0 fully saturated rings. The van der Waals surface area contributed by atoms with Crippen molar-refractivity contribution in [3.8, 4) is 0 Å². The van der Waals surface area contributed by atoms with Crippen molar-refractivity contribution in [1.82, 2.24) is 0 Å². The van der Waals surface area contributed by atoms with E-state index < -0.39 is 0 Å². The monoisotopic (exact) mass is 174 g/mol. The highest BCUT2D eigenvalue weighted by Gasteiger charge is 2.13. The van der Waals surface area contributed by atoms with Crippen molar-refractivity contribution in [1.29, 1.82) is 0 Å². The molecular formula is C11H14N2. The Morgan fingerprint density at radius 3 is 2.69 bits per heavy atom. The summed E-state index contributed by atoms with van der Waals surface area (Å²) in [6, 6.07) is 4.59. The van der Waals surface area contributed by atoms with Gasteiger partial charge in [-0.2, -0.15) is 0 Å². The lowest BCUT2D eigenvalue weighted by atomic mass is 10.1. The van der Waals surface area contributed by atoms with Gasteiger partial charge in [-0.3, -0.25) is 4.99 Å². The molecule has 1 aromatic carbocycles. The van der Waals surface area contributed by atoms with Crippen LogP contribution in [0.3, 0.4) is 0 Å². The molecule has 0 saturated carbocycles. The number of nitrogens with one attached hydrogen (secondary N) is 1. The zero-order chi connectivity index (χ0) is 9.42. The van der Waals surface area contributed by atoms with Gasteiger partial charge in [-0.05, 0) is 31.9 Å². The first-order valence-corrected chi connectivity index (χ1v) is 4.59. The lowest BCUT2D eigenvalue weighted by molar-refractivity contribution is 1.04. The SMILES string of the molecule is Cc1ccc(C)c2c1N=CC(C)N2. The molecule has 1 atom stereocenters. The first-order chi connectivity index (χ1) is 6.18. The predicted octanol–water partition coefficient (Wildman–Crippen LogP) is 2.82. The Hall–Kier alpha value is -1.31. The second-order valence-corrected chi connectivity index (χ2v) is 3.63. The number of hydrogen-bond acceptors (Lipinski definition) is 2. The Morgan fingerprint density at radius 1 is 1.23 bits per heavy atom. The van der Waals surface area contributed by atoms with Gasteiger partial charge in [0.15, 0.2) is 0 Å². The van der Waals surface area contributed by atoms with Crippen LogP contribution in [0, 0.1) is 13.8 Å². The van der Waals surface area contributed by atoms with Gasteiger partial charge in [-0.1, -0.05) is 12.1 Å². The highest BCUT2D eigenvalue weighted by Crippen LogP contribution is 2.34. The van der Waals surface area contributed by atoms with Gasteiger partial charge in [0.25, 0.3) is 0 Å². The van der Waals surface area contributed by atoms with Gasteiger partial charge in [0.2, 0.25) is 0 Å². The van der Waals surface area contributed by atoms with E-state index in [2.05, 4.69) is 43.2 Å². The van der Waals surface area contributed by atoms with Crippen LogP contribution in [0.15, 0.2) is 17.1 Å². The average Bonchev–Trinajstić information content (AvgIpc) is 2.12. The molecule has 0 saturated heterocycles. The largest absolute Gasteiger partial charge is 0.376 e. The molecular weight excluding hydrogens is 160 g/mol. The normalized spacial score (nSPS) is 19.5. The Kier molecular flexibility index (Phi) is 1.83. The minimum atomic E-state index is 0.341. The number of rotatable bonds is 0. The van der Waals surface area contributed by atoms with Gasteiger partial charge in [-0.25, -0.2) is 0 Å². The van der Waals surface area contributed by atoms with Crippen LogP contribution in [-0.2, 0) is 0 Å². The van der Waals surface area contributed by atoms with Crippen LogP contribution in [0.1, 0.15) is 18.1 Å². The van der Waals surface area contributed by atoms with E-state index in [0.717, 1.165) is 5.69 Å². The molecule has 68 valence electrons. The van der Waals surface area contributed by atoms with E-state index in [1.54, 1.807) is 0 Å². The second kappa shape index (κ2) is 2.87. The number of aliphatic imine (C=N–C) groups is 1. The molecule has 0 aliphatic carbocycles. The van der Waals surface area contributed by atoms with E-state index in [4.69, 9.17) is 0 Å². The minimum Gasteiger partial charge on any atom is -0.376 e. The maximum Gasteiger partial charge on any atom is 0.0889 e. The third-order valence-corrected chi connectivity index (χ3v) is 2.39. The molecule has 0 radical (unpaired) electrons. The molecule has 1 heterocycles. The summed E-state index contributed by atoms with van der Waals surface area (Å²) in [4.78, 5) is 4.45. The molecule has 2 rings (SSSR count). The summed E-state index contributed by atoms with van der Waals surface area (Å²) < 4.78 is 0. The molecule has 1 N–H and O–H groups in total. The quantitative estimate of drug-likeness (QED) is 0.642. The van der Waals surface area contributed by atoms with E-state index >= 15 is 0 Å². The number of nitrogens with zero attached hydrogens (tertiary/aromatic N) is 1. The van der Waals surface area contributed by atoms with Crippen LogP contribution in [0.4, 0.5) is 11.4 Å².